The van der Waals surface area contributed by atoms with Crippen molar-refractivity contribution in [2.24, 2.45) is 11.3 Å². The minimum Gasteiger partial charge on any atom is -0.378 e. The van der Waals surface area contributed by atoms with Crippen LogP contribution in [-0.2, 0) is 15.5 Å². The van der Waals surface area contributed by atoms with Crippen molar-refractivity contribution in [3.8, 4) is 0 Å². The molecule has 8 heteroatoms. The molecule has 5 aliphatic rings. The number of urea groups is 1. The van der Waals surface area contributed by atoms with Crippen LogP contribution >= 0.6 is 0 Å². The van der Waals surface area contributed by atoms with Crippen LogP contribution in [0.15, 0.2) is 24.3 Å². The molecule has 0 aromatic heterocycles. The molecule has 176 valence electrons. The maximum absolute atomic E-state index is 13.3. The number of hydrogen-bond donors (Lipinski definition) is 0. The first kappa shape index (κ1) is 22.0. The minimum absolute atomic E-state index is 0.151. The highest BCUT2D eigenvalue weighted by atomic mass is 32.2. The minimum atomic E-state index is -0.657. The summed E-state index contributed by atoms with van der Waals surface area (Å²) in [6, 6.07) is 9.39. The number of nitrogens with zero attached hydrogens (tertiary/aromatic N) is 4. The number of benzene rings is 1. The van der Waals surface area contributed by atoms with Crippen LogP contribution in [0.4, 0.5) is 16.2 Å². The molecule has 5 fully saturated rings. The molecule has 1 aromatic carbocycles. The first-order chi connectivity index (χ1) is 15.4. The molecule has 0 aliphatic carbocycles. The van der Waals surface area contributed by atoms with Crippen LogP contribution in [0.3, 0.4) is 0 Å². The van der Waals surface area contributed by atoms with Crippen LogP contribution in [0.2, 0.25) is 0 Å². The van der Waals surface area contributed by atoms with E-state index in [0.29, 0.717) is 38.3 Å². The van der Waals surface area contributed by atoms with Crippen molar-refractivity contribution in [3.05, 3.63) is 24.3 Å². The van der Waals surface area contributed by atoms with Gasteiger partial charge < -0.3 is 24.3 Å². The summed E-state index contributed by atoms with van der Waals surface area (Å²) in [5, 5.41) is 0. The van der Waals surface area contributed by atoms with E-state index < -0.39 is 10.8 Å². The third-order valence-electron chi connectivity index (χ3n) is 7.70. The van der Waals surface area contributed by atoms with Crippen LogP contribution in [0.1, 0.15) is 20.3 Å². The molecule has 32 heavy (non-hydrogen) atoms. The average molecular weight is 461 g/mol. The number of carbonyl (C=O) groups excluding carboxylic acids is 1. The molecule has 5 saturated heterocycles. The lowest BCUT2D eigenvalue weighted by molar-refractivity contribution is 0.0428. The highest BCUT2D eigenvalue weighted by molar-refractivity contribution is 7.85. The van der Waals surface area contributed by atoms with Crippen molar-refractivity contribution < 1.29 is 13.7 Å². The largest absolute Gasteiger partial charge is 0.378 e. The molecule has 2 amide bonds. The summed E-state index contributed by atoms with van der Waals surface area (Å²) in [6.45, 7) is 11.8. The molecule has 6 rings (SSSR count). The number of hydrogen-bond acceptors (Lipinski definition) is 5. The number of morpholine rings is 1. The second-order valence-electron chi connectivity index (χ2n) is 10.4. The summed E-state index contributed by atoms with van der Waals surface area (Å²) in [6.07, 6.45) is 1.16. The summed E-state index contributed by atoms with van der Waals surface area (Å²) in [7, 11) is -0.657. The average Bonchev–Trinajstić information content (AvgIpc) is 3.07. The number of piperidine rings is 1. The predicted octanol–water partition coefficient (Wildman–Crippen LogP) is 2.24. The third-order valence-corrected chi connectivity index (χ3v) is 8.97. The molecule has 2 unspecified atom stereocenters. The molecule has 2 bridgehead atoms. The molecule has 0 saturated carbocycles. The topological polar surface area (TPSA) is 56.3 Å². The molecule has 5 aliphatic heterocycles. The fraction of sp³-hybridized carbons (Fsp3) is 0.708. The van der Waals surface area contributed by atoms with Gasteiger partial charge in [-0.25, -0.2) is 4.79 Å². The van der Waals surface area contributed by atoms with Crippen LogP contribution in [0.5, 0.6) is 0 Å². The lowest BCUT2D eigenvalue weighted by Gasteiger charge is -2.48. The van der Waals surface area contributed by atoms with Crippen molar-refractivity contribution in [1.29, 1.82) is 0 Å². The zero-order valence-corrected chi connectivity index (χ0v) is 20.2. The second-order valence-corrected chi connectivity index (χ2v) is 12.1. The predicted molar refractivity (Wildman–Crippen MR) is 129 cm³/mol. The van der Waals surface area contributed by atoms with E-state index >= 15 is 0 Å². The maximum Gasteiger partial charge on any atom is 0.320 e. The highest BCUT2D eigenvalue weighted by Crippen LogP contribution is 2.43. The Kier molecular flexibility index (Phi) is 6.09. The Balaban J connectivity index is 1.33. The Morgan fingerprint density at radius 2 is 1.59 bits per heavy atom. The number of anilines is 2. The third kappa shape index (κ3) is 4.36. The van der Waals surface area contributed by atoms with E-state index in [0.717, 1.165) is 50.7 Å². The van der Waals surface area contributed by atoms with Crippen LogP contribution < -0.4 is 9.80 Å². The molecule has 7 nitrogen and oxygen atoms in total. The summed E-state index contributed by atoms with van der Waals surface area (Å²) in [4.78, 5) is 22.2. The zero-order chi connectivity index (χ0) is 22.3. The number of ether oxygens (including phenoxy) is 1. The van der Waals surface area contributed by atoms with Gasteiger partial charge in [-0.3, -0.25) is 4.21 Å². The summed E-state index contributed by atoms with van der Waals surface area (Å²) < 4.78 is 17.1. The summed E-state index contributed by atoms with van der Waals surface area (Å²) in [5.41, 5.74) is 2.62. The van der Waals surface area contributed by atoms with Crippen molar-refractivity contribution in [2.75, 3.05) is 80.3 Å². The van der Waals surface area contributed by atoms with Gasteiger partial charge in [-0.1, -0.05) is 13.8 Å². The van der Waals surface area contributed by atoms with E-state index in [4.69, 9.17) is 4.74 Å². The number of carbonyl (C=O) groups is 1. The van der Waals surface area contributed by atoms with Crippen molar-refractivity contribution in [1.82, 2.24) is 9.80 Å². The smallest absolute Gasteiger partial charge is 0.320 e. The van der Waals surface area contributed by atoms with Gasteiger partial charge in [-0.15, -0.1) is 0 Å². The Morgan fingerprint density at radius 3 is 2.28 bits per heavy atom. The highest BCUT2D eigenvalue weighted by Gasteiger charge is 2.47. The van der Waals surface area contributed by atoms with Gasteiger partial charge in [-0.2, -0.15) is 0 Å². The molecule has 0 radical (unpaired) electrons. The lowest BCUT2D eigenvalue weighted by Crippen LogP contribution is -2.55. The van der Waals surface area contributed by atoms with Gasteiger partial charge in [0.2, 0.25) is 0 Å². The molecule has 0 spiro atoms. The van der Waals surface area contributed by atoms with Gasteiger partial charge in [0.1, 0.15) is 0 Å². The number of rotatable bonds is 2. The van der Waals surface area contributed by atoms with E-state index in [1.807, 2.05) is 4.90 Å². The summed E-state index contributed by atoms with van der Waals surface area (Å²) >= 11 is 0. The van der Waals surface area contributed by atoms with Gasteiger partial charge in [0.05, 0.1) is 19.3 Å². The fourth-order valence-corrected chi connectivity index (χ4v) is 7.03. The van der Waals surface area contributed by atoms with Gasteiger partial charge in [0.15, 0.2) is 0 Å². The Bertz CT molecular complexity index is 845. The van der Waals surface area contributed by atoms with Gasteiger partial charge >= 0.3 is 6.03 Å². The van der Waals surface area contributed by atoms with E-state index in [-0.39, 0.29) is 11.4 Å². The molecule has 1 aromatic rings. The number of fused-ring (bicyclic) bond motifs is 4. The second kappa shape index (κ2) is 8.86. The van der Waals surface area contributed by atoms with E-state index in [9.17, 15) is 9.00 Å². The van der Waals surface area contributed by atoms with E-state index in [1.165, 1.54) is 11.4 Å². The quantitative estimate of drug-likeness (QED) is 0.678. The first-order valence-electron chi connectivity index (χ1n) is 12.0. The van der Waals surface area contributed by atoms with Gasteiger partial charge in [0.25, 0.3) is 0 Å². The summed E-state index contributed by atoms with van der Waals surface area (Å²) in [5.74, 6) is 2.00. The maximum atomic E-state index is 13.3. The van der Waals surface area contributed by atoms with Crippen LogP contribution in [0, 0.1) is 11.3 Å². The van der Waals surface area contributed by atoms with Crippen molar-refractivity contribution in [2.45, 2.75) is 26.3 Å². The molecular weight excluding hydrogens is 424 g/mol. The SMILES string of the molecule is CC1(C)CC2CN(C(=O)N3CCOCC3)CC1N(c1ccc(N3CCS(=O)CC3)cc1)C2. The Labute approximate surface area is 194 Å². The fourth-order valence-electron chi connectivity index (χ4n) is 5.98. The Hall–Kier alpha value is -1.80. The Morgan fingerprint density at radius 1 is 0.938 bits per heavy atom. The monoisotopic (exact) mass is 460 g/mol. The van der Waals surface area contributed by atoms with Gasteiger partial charge in [0, 0.05) is 79.5 Å². The molecule has 0 N–H and O–H groups in total. The normalized spacial score (nSPS) is 28.7. The van der Waals surface area contributed by atoms with E-state index in [2.05, 4.69) is 52.8 Å². The first-order valence-corrected chi connectivity index (χ1v) is 13.5. The number of amides is 2. The standard InChI is InChI=1S/C24H36N4O3S/c1-24(2)15-19-16-27(23(29)26-7-11-31-12-8-26)18-22(24)28(17-19)21-5-3-20(4-6-21)25-9-13-32(30)14-10-25/h3-6,19,22H,7-18H2,1-2H3. The van der Waals surface area contributed by atoms with E-state index in [1.54, 1.807) is 0 Å². The lowest BCUT2D eigenvalue weighted by atomic mass is 9.73. The van der Waals surface area contributed by atoms with Crippen LogP contribution in [-0.4, -0.2) is 96.6 Å². The van der Waals surface area contributed by atoms with Gasteiger partial charge in [-0.05, 0) is 42.0 Å². The van der Waals surface area contributed by atoms with Crippen molar-refractivity contribution in [3.63, 3.8) is 0 Å². The molecule has 2 atom stereocenters. The molecular formula is C24H36N4O3S. The zero-order valence-electron chi connectivity index (χ0n) is 19.4. The molecule has 5 heterocycles. The van der Waals surface area contributed by atoms with Crippen molar-refractivity contribution >= 4 is 28.2 Å². The van der Waals surface area contributed by atoms with Crippen LogP contribution in [0.25, 0.3) is 0 Å².